The number of aryl methyl sites for hydroxylation is 1. The number of aliphatic hydroxyl groups excluding tert-OH is 1. The van der Waals surface area contributed by atoms with E-state index >= 15 is 0 Å². The molecule has 0 bridgehead atoms. The van der Waals surface area contributed by atoms with E-state index in [-0.39, 0.29) is 6.61 Å². The van der Waals surface area contributed by atoms with Crippen LogP contribution in [0.2, 0.25) is 0 Å². The van der Waals surface area contributed by atoms with E-state index in [1.165, 1.54) is 5.52 Å². The molecule has 2 aromatic rings. The average Bonchev–Trinajstić information content (AvgIpc) is 2.73. The summed E-state index contributed by atoms with van der Waals surface area (Å²) in [5, 5.41) is 10.5. The van der Waals surface area contributed by atoms with E-state index in [4.69, 9.17) is 4.74 Å². The monoisotopic (exact) mass is 233 g/mol. The summed E-state index contributed by atoms with van der Waals surface area (Å²) in [7, 11) is 1.73. The Morgan fingerprint density at radius 3 is 2.82 bits per heavy atom. The second-order valence-electron chi connectivity index (χ2n) is 4.22. The summed E-state index contributed by atoms with van der Waals surface area (Å²) in [6, 6.07) is 8.21. The second-order valence-corrected chi connectivity index (χ2v) is 4.22. The number of unbranched alkanes of at least 4 members (excludes halogenated alkanes) is 1. The molecule has 1 aromatic heterocycles. The molecule has 0 aliphatic heterocycles. The minimum absolute atomic E-state index is 0.103. The van der Waals surface area contributed by atoms with Crippen molar-refractivity contribution in [3.05, 3.63) is 36.0 Å². The van der Waals surface area contributed by atoms with Gasteiger partial charge in [-0.15, -0.1) is 0 Å². The molecule has 0 radical (unpaired) electrons. The molecule has 0 amide bonds. The molecule has 0 aliphatic carbocycles. The number of nitrogens with zero attached hydrogens (tertiary/aromatic N) is 1. The number of benzene rings is 1. The number of methoxy groups -OCH3 is 1. The van der Waals surface area contributed by atoms with Gasteiger partial charge in [-0.2, -0.15) is 0 Å². The zero-order chi connectivity index (χ0) is 12.1. The third-order valence-corrected chi connectivity index (χ3v) is 3.04. The van der Waals surface area contributed by atoms with Gasteiger partial charge in [-0.25, -0.2) is 0 Å². The largest absolute Gasteiger partial charge is 0.392 e. The van der Waals surface area contributed by atoms with Gasteiger partial charge in [0.1, 0.15) is 0 Å². The van der Waals surface area contributed by atoms with Crippen molar-refractivity contribution in [1.29, 1.82) is 0 Å². The molecule has 0 atom stereocenters. The maximum absolute atomic E-state index is 9.33. The number of fused-ring (bicyclic) bond motifs is 1. The van der Waals surface area contributed by atoms with Crippen LogP contribution >= 0.6 is 0 Å². The number of para-hydroxylation sites is 1. The number of hydrogen-bond donors (Lipinski definition) is 1. The number of ether oxygens (including phenoxy) is 1. The van der Waals surface area contributed by atoms with E-state index in [9.17, 15) is 5.11 Å². The fourth-order valence-corrected chi connectivity index (χ4v) is 2.16. The molecule has 1 N–H and O–H groups in total. The van der Waals surface area contributed by atoms with E-state index < -0.39 is 0 Å². The smallest absolute Gasteiger partial charge is 0.0702 e. The summed E-state index contributed by atoms with van der Waals surface area (Å²) in [5.41, 5.74) is 2.21. The van der Waals surface area contributed by atoms with Crippen molar-refractivity contribution >= 4 is 10.9 Å². The van der Waals surface area contributed by atoms with Gasteiger partial charge in [0.25, 0.3) is 0 Å². The lowest BCUT2D eigenvalue weighted by Crippen LogP contribution is -1.98. The molecular formula is C14H19NO2. The van der Waals surface area contributed by atoms with Crippen LogP contribution in [0, 0.1) is 0 Å². The van der Waals surface area contributed by atoms with Crippen molar-refractivity contribution in [2.24, 2.45) is 0 Å². The van der Waals surface area contributed by atoms with Crippen molar-refractivity contribution in [3.63, 3.8) is 0 Å². The average molecular weight is 233 g/mol. The van der Waals surface area contributed by atoms with Crippen molar-refractivity contribution in [2.75, 3.05) is 13.7 Å². The van der Waals surface area contributed by atoms with E-state index in [1.54, 1.807) is 7.11 Å². The Hall–Kier alpha value is -1.32. The predicted octanol–water partition coefficient (Wildman–Crippen LogP) is 2.56. The number of rotatable bonds is 6. The Morgan fingerprint density at radius 2 is 2.06 bits per heavy atom. The van der Waals surface area contributed by atoms with Gasteiger partial charge in [0.05, 0.1) is 6.61 Å². The SMILES string of the molecule is COCCCCn1cc(CO)c2ccccc21. The fraction of sp³-hybridized carbons (Fsp3) is 0.429. The maximum atomic E-state index is 9.33. The molecule has 3 nitrogen and oxygen atoms in total. The first-order valence-corrected chi connectivity index (χ1v) is 6.03. The molecule has 0 saturated carbocycles. The first-order chi connectivity index (χ1) is 8.36. The summed E-state index contributed by atoms with van der Waals surface area (Å²) in [5.74, 6) is 0. The quantitative estimate of drug-likeness (QED) is 0.778. The molecular weight excluding hydrogens is 214 g/mol. The van der Waals surface area contributed by atoms with E-state index in [0.29, 0.717) is 0 Å². The lowest BCUT2D eigenvalue weighted by Gasteiger charge is -2.04. The minimum Gasteiger partial charge on any atom is -0.392 e. The van der Waals surface area contributed by atoms with Gasteiger partial charge in [0.15, 0.2) is 0 Å². The zero-order valence-electron chi connectivity index (χ0n) is 10.2. The van der Waals surface area contributed by atoms with Gasteiger partial charge in [0.2, 0.25) is 0 Å². The number of aromatic nitrogens is 1. The predicted molar refractivity (Wildman–Crippen MR) is 69.0 cm³/mol. The van der Waals surface area contributed by atoms with Crippen LogP contribution in [-0.4, -0.2) is 23.4 Å². The molecule has 0 saturated heterocycles. The lowest BCUT2D eigenvalue weighted by atomic mass is 10.2. The topological polar surface area (TPSA) is 34.4 Å². The van der Waals surface area contributed by atoms with Crippen molar-refractivity contribution in [3.8, 4) is 0 Å². The highest BCUT2D eigenvalue weighted by Gasteiger charge is 2.06. The van der Waals surface area contributed by atoms with Gasteiger partial charge in [-0.3, -0.25) is 0 Å². The van der Waals surface area contributed by atoms with Crippen LogP contribution in [0.15, 0.2) is 30.5 Å². The van der Waals surface area contributed by atoms with Crippen LogP contribution in [0.3, 0.4) is 0 Å². The maximum Gasteiger partial charge on any atom is 0.0702 e. The summed E-state index contributed by atoms with van der Waals surface area (Å²) in [4.78, 5) is 0. The summed E-state index contributed by atoms with van der Waals surface area (Å²) in [6.07, 6.45) is 4.21. The first-order valence-electron chi connectivity index (χ1n) is 6.03. The van der Waals surface area contributed by atoms with Gasteiger partial charge in [0, 0.05) is 42.9 Å². The van der Waals surface area contributed by atoms with Crippen molar-refractivity contribution in [1.82, 2.24) is 4.57 Å². The second kappa shape index (κ2) is 5.84. The first kappa shape index (κ1) is 12.1. The molecule has 3 heteroatoms. The highest BCUT2D eigenvalue weighted by molar-refractivity contribution is 5.83. The van der Waals surface area contributed by atoms with Crippen LogP contribution in [0.25, 0.3) is 10.9 Å². The van der Waals surface area contributed by atoms with E-state index in [2.05, 4.69) is 22.9 Å². The van der Waals surface area contributed by atoms with Crippen LogP contribution in [0.1, 0.15) is 18.4 Å². The van der Waals surface area contributed by atoms with Crippen LogP contribution in [-0.2, 0) is 17.9 Å². The van der Waals surface area contributed by atoms with Crippen molar-refractivity contribution in [2.45, 2.75) is 26.0 Å². The molecule has 0 fully saturated rings. The highest BCUT2D eigenvalue weighted by Crippen LogP contribution is 2.21. The summed E-state index contributed by atoms with van der Waals surface area (Å²) < 4.78 is 7.26. The Bertz CT molecular complexity index is 476. The molecule has 17 heavy (non-hydrogen) atoms. The van der Waals surface area contributed by atoms with Crippen LogP contribution in [0.4, 0.5) is 0 Å². The normalized spacial score (nSPS) is 11.2. The fourth-order valence-electron chi connectivity index (χ4n) is 2.16. The van der Waals surface area contributed by atoms with Gasteiger partial charge < -0.3 is 14.4 Å². The molecule has 0 spiro atoms. The summed E-state index contributed by atoms with van der Waals surface area (Å²) >= 11 is 0. The molecule has 0 unspecified atom stereocenters. The third kappa shape index (κ3) is 2.68. The highest BCUT2D eigenvalue weighted by atomic mass is 16.5. The van der Waals surface area contributed by atoms with Crippen LogP contribution in [0.5, 0.6) is 0 Å². The zero-order valence-corrected chi connectivity index (χ0v) is 10.2. The molecule has 1 aromatic carbocycles. The lowest BCUT2D eigenvalue weighted by molar-refractivity contribution is 0.191. The van der Waals surface area contributed by atoms with Crippen LogP contribution < -0.4 is 0 Å². The summed E-state index contributed by atoms with van der Waals surface area (Å²) in [6.45, 7) is 1.89. The number of hydrogen-bond acceptors (Lipinski definition) is 2. The molecule has 92 valence electrons. The Labute approximate surface area is 102 Å². The van der Waals surface area contributed by atoms with Gasteiger partial charge in [-0.05, 0) is 18.9 Å². The van der Waals surface area contributed by atoms with Crippen molar-refractivity contribution < 1.29 is 9.84 Å². The Kier molecular flexibility index (Phi) is 4.18. The Morgan fingerprint density at radius 1 is 1.24 bits per heavy atom. The minimum atomic E-state index is 0.103. The van der Waals surface area contributed by atoms with Gasteiger partial charge in [-0.1, -0.05) is 18.2 Å². The van der Waals surface area contributed by atoms with Gasteiger partial charge >= 0.3 is 0 Å². The standard InChI is InChI=1S/C14H19NO2/c1-17-9-5-4-8-15-10-12(11-16)13-6-2-3-7-14(13)15/h2-3,6-7,10,16H,4-5,8-9,11H2,1H3. The molecule has 0 aliphatic rings. The number of aliphatic hydroxyl groups is 1. The molecule has 2 rings (SSSR count). The molecule has 1 heterocycles. The Balaban J connectivity index is 2.16. The van der Waals surface area contributed by atoms with E-state index in [1.807, 2.05) is 12.1 Å². The third-order valence-electron chi connectivity index (χ3n) is 3.04. The van der Waals surface area contributed by atoms with E-state index in [0.717, 1.165) is 36.9 Å².